The summed E-state index contributed by atoms with van der Waals surface area (Å²) in [6.07, 6.45) is 8.74. The van der Waals surface area contributed by atoms with Crippen LogP contribution in [0.25, 0.3) is 5.65 Å². The molecule has 1 aliphatic rings. The molecule has 160 valence electrons. The number of hydrogen-bond acceptors (Lipinski definition) is 6. The van der Waals surface area contributed by atoms with Gasteiger partial charge in [-0.25, -0.2) is 4.98 Å². The molecular formula is C22H30N6O2. The van der Waals surface area contributed by atoms with Crippen molar-refractivity contribution >= 4 is 17.3 Å². The van der Waals surface area contributed by atoms with Gasteiger partial charge in [0.05, 0.1) is 6.20 Å². The molecule has 8 nitrogen and oxygen atoms in total. The summed E-state index contributed by atoms with van der Waals surface area (Å²) in [7, 11) is 1.76. The van der Waals surface area contributed by atoms with Gasteiger partial charge in [-0.3, -0.25) is 4.79 Å². The van der Waals surface area contributed by atoms with Gasteiger partial charge in [-0.05, 0) is 37.7 Å². The van der Waals surface area contributed by atoms with E-state index in [1.54, 1.807) is 17.7 Å². The van der Waals surface area contributed by atoms with Crippen LogP contribution in [-0.4, -0.2) is 43.5 Å². The Morgan fingerprint density at radius 3 is 2.93 bits per heavy atom. The molecule has 0 bridgehead atoms. The Hall–Kier alpha value is -2.87. The summed E-state index contributed by atoms with van der Waals surface area (Å²) in [6, 6.07) is 5.79. The third kappa shape index (κ3) is 4.05. The molecule has 0 aliphatic carbocycles. The van der Waals surface area contributed by atoms with Crippen LogP contribution >= 0.6 is 0 Å². The van der Waals surface area contributed by atoms with Crippen molar-refractivity contribution in [3.63, 3.8) is 0 Å². The van der Waals surface area contributed by atoms with Crippen LogP contribution in [0.15, 0.2) is 35.4 Å². The quantitative estimate of drug-likeness (QED) is 0.622. The number of fused-ring (bicyclic) bond motifs is 1. The summed E-state index contributed by atoms with van der Waals surface area (Å²) in [5.41, 5.74) is 2.97. The summed E-state index contributed by atoms with van der Waals surface area (Å²) >= 11 is 0. The number of hydrogen-bond donors (Lipinski definition) is 2. The second-order valence-electron chi connectivity index (χ2n) is 7.95. The Morgan fingerprint density at radius 1 is 1.30 bits per heavy atom. The topological polar surface area (TPSA) is 87.7 Å². The molecule has 0 unspecified atom stereocenters. The van der Waals surface area contributed by atoms with Crippen LogP contribution in [0.2, 0.25) is 0 Å². The van der Waals surface area contributed by atoms with E-state index in [9.17, 15) is 9.90 Å². The Balaban J connectivity index is 1.69. The van der Waals surface area contributed by atoms with Crippen molar-refractivity contribution in [2.24, 2.45) is 7.05 Å². The SMILES string of the molecule is CCc1cnn2c(NCc3ccc(=O)n(C)c3)cc(N3CCCC[C@H]3CCO)nc12. The summed E-state index contributed by atoms with van der Waals surface area (Å²) < 4.78 is 3.44. The normalized spacial score (nSPS) is 16.9. The minimum absolute atomic E-state index is 0.0213. The van der Waals surface area contributed by atoms with Crippen LogP contribution < -0.4 is 15.8 Å². The number of aryl methyl sites for hydroxylation is 2. The smallest absolute Gasteiger partial charge is 0.250 e. The maximum Gasteiger partial charge on any atom is 0.250 e. The van der Waals surface area contributed by atoms with E-state index >= 15 is 0 Å². The molecule has 0 radical (unpaired) electrons. The lowest BCUT2D eigenvalue weighted by Crippen LogP contribution is -2.40. The van der Waals surface area contributed by atoms with E-state index in [0.29, 0.717) is 12.6 Å². The van der Waals surface area contributed by atoms with Crippen molar-refractivity contribution in [3.8, 4) is 0 Å². The Morgan fingerprint density at radius 2 is 2.17 bits per heavy atom. The highest BCUT2D eigenvalue weighted by atomic mass is 16.3. The highest BCUT2D eigenvalue weighted by Gasteiger charge is 2.24. The number of piperidine rings is 1. The fourth-order valence-corrected chi connectivity index (χ4v) is 4.22. The van der Waals surface area contributed by atoms with Gasteiger partial charge in [-0.15, -0.1) is 0 Å². The summed E-state index contributed by atoms with van der Waals surface area (Å²) in [6.45, 7) is 3.82. The van der Waals surface area contributed by atoms with Gasteiger partial charge in [0.2, 0.25) is 5.56 Å². The molecular weight excluding hydrogens is 380 g/mol. The average molecular weight is 411 g/mol. The van der Waals surface area contributed by atoms with E-state index in [0.717, 1.165) is 60.6 Å². The second-order valence-corrected chi connectivity index (χ2v) is 7.95. The lowest BCUT2D eigenvalue weighted by atomic mass is 9.99. The van der Waals surface area contributed by atoms with E-state index < -0.39 is 0 Å². The average Bonchev–Trinajstić information content (AvgIpc) is 3.18. The van der Waals surface area contributed by atoms with E-state index in [-0.39, 0.29) is 12.2 Å². The first-order chi connectivity index (χ1) is 14.6. The summed E-state index contributed by atoms with van der Waals surface area (Å²) in [5, 5.41) is 17.5. The van der Waals surface area contributed by atoms with E-state index in [1.807, 2.05) is 23.0 Å². The van der Waals surface area contributed by atoms with Crippen molar-refractivity contribution in [3.05, 3.63) is 52.1 Å². The van der Waals surface area contributed by atoms with Crippen molar-refractivity contribution in [1.82, 2.24) is 19.2 Å². The minimum atomic E-state index is -0.0213. The van der Waals surface area contributed by atoms with Gasteiger partial charge in [0, 0.05) is 56.7 Å². The Labute approximate surface area is 176 Å². The molecule has 0 aromatic carbocycles. The van der Waals surface area contributed by atoms with Crippen LogP contribution in [0.1, 0.15) is 43.7 Å². The van der Waals surface area contributed by atoms with Gasteiger partial charge in [0.25, 0.3) is 0 Å². The highest BCUT2D eigenvalue weighted by molar-refractivity contribution is 5.61. The molecule has 3 aromatic rings. The monoisotopic (exact) mass is 410 g/mol. The van der Waals surface area contributed by atoms with Crippen LogP contribution in [0.4, 0.5) is 11.6 Å². The molecule has 4 heterocycles. The summed E-state index contributed by atoms with van der Waals surface area (Å²) in [4.78, 5) is 19.0. The molecule has 0 amide bonds. The second kappa shape index (κ2) is 8.87. The van der Waals surface area contributed by atoms with Crippen molar-refractivity contribution in [1.29, 1.82) is 0 Å². The number of nitrogens with one attached hydrogen (secondary N) is 1. The number of rotatable bonds is 7. The molecule has 0 spiro atoms. The third-order valence-corrected chi connectivity index (χ3v) is 5.92. The lowest BCUT2D eigenvalue weighted by molar-refractivity contribution is 0.262. The minimum Gasteiger partial charge on any atom is -0.396 e. The Bertz CT molecular complexity index is 1070. The van der Waals surface area contributed by atoms with Crippen LogP contribution in [0, 0.1) is 0 Å². The maximum absolute atomic E-state index is 11.7. The maximum atomic E-state index is 11.7. The molecule has 30 heavy (non-hydrogen) atoms. The van der Waals surface area contributed by atoms with Gasteiger partial charge in [0.1, 0.15) is 11.6 Å². The van der Waals surface area contributed by atoms with E-state index in [2.05, 4.69) is 28.3 Å². The van der Waals surface area contributed by atoms with Gasteiger partial charge in [-0.1, -0.05) is 13.0 Å². The van der Waals surface area contributed by atoms with Crippen molar-refractivity contribution in [2.45, 2.75) is 51.6 Å². The molecule has 1 fully saturated rings. The molecule has 4 rings (SSSR count). The molecule has 1 aliphatic heterocycles. The molecule has 2 N–H and O–H groups in total. The first-order valence-electron chi connectivity index (χ1n) is 10.7. The number of anilines is 2. The molecule has 1 saturated heterocycles. The fourth-order valence-electron chi connectivity index (χ4n) is 4.22. The van der Waals surface area contributed by atoms with Gasteiger partial charge >= 0.3 is 0 Å². The first-order valence-corrected chi connectivity index (χ1v) is 10.7. The number of aliphatic hydroxyl groups excluding tert-OH is 1. The van der Waals surface area contributed by atoms with Gasteiger partial charge < -0.3 is 19.9 Å². The fraction of sp³-hybridized carbons (Fsp3) is 0.500. The van der Waals surface area contributed by atoms with Crippen LogP contribution in [0.5, 0.6) is 0 Å². The van der Waals surface area contributed by atoms with Crippen molar-refractivity contribution < 1.29 is 5.11 Å². The van der Waals surface area contributed by atoms with Crippen LogP contribution in [-0.2, 0) is 20.0 Å². The third-order valence-electron chi connectivity index (χ3n) is 5.92. The Kier molecular flexibility index (Phi) is 6.03. The number of nitrogens with zero attached hydrogens (tertiary/aromatic N) is 5. The highest BCUT2D eigenvalue weighted by Crippen LogP contribution is 2.29. The standard InChI is InChI=1S/C22H30N6O2/c1-3-17-14-24-28-19(23-13-16-7-8-21(30)26(2)15-16)12-20(25-22(17)28)27-10-5-4-6-18(27)9-11-29/h7-8,12,14-15,18,23,29H,3-6,9-11,13H2,1-2H3/t18-/m0/s1. The number of pyridine rings is 1. The van der Waals surface area contributed by atoms with E-state index in [4.69, 9.17) is 4.98 Å². The number of aromatic nitrogens is 4. The summed E-state index contributed by atoms with van der Waals surface area (Å²) in [5.74, 6) is 1.80. The molecule has 8 heteroatoms. The van der Waals surface area contributed by atoms with Crippen LogP contribution in [0.3, 0.4) is 0 Å². The zero-order valence-electron chi connectivity index (χ0n) is 17.7. The first kappa shape index (κ1) is 20.4. The predicted octanol–water partition coefficient (Wildman–Crippen LogP) is 2.34. The molecule has 1 atom stereocenters. The molecule has 0 saturated carbocycles. The largest absolute Gasteiger partial charge is 0.396 e. The molecule has 3 aromatic heterocycles. The number of aliphatic hydroxyl groups is 1. The van der Waals surface area contributed by atoms with Gasteiger partial charge in [0.15, 0.2) is 5.65 Å². The van der Waals surface area contributed by atoms with Crippen molar-refractivity contribution in [2.75, 3.05) is 23.4 Å². The van der Waals surface area contributed by atoms with Gasteiger partial charge in [-0.2, -0.15) is 9.61 Å². The van der Waals surface area contributed by atoms with E-state index in [1.165, 1.54) is 6.42 Å². The zero-order valence-corrected chi connectivity index (χ0v) is 17.7. The zero-order chi connectivity index (χ0) is 21.1. The lowest BCUT2D eigenvalue weighted by Gasteiger charge is -2.36. The predicted molar refractivity (Wildman–Crippen MR) is 118 cm³/mol.